The average molecular weight is 281 g/mol. The molecule has 4 atom stereocenters. The Kier molecular flexibility index (Phi) is 4.67. The van der Waals surface area contributed by atoms with Gasteiger partial charge in [-0.2, -0.15) is 19.3 Å². The topological polar surface area (TPSA) is 12.5 Å². The van der Waals surface area contributed by atoms with Crippen LogP contribution in [0.2, 0.25) is 0 Å². The van der Waals surface area contributed by atoms with E-state index in [-0.39, 0.29) is 32.7 Å². The van der Waals surface area contributed by atoms with Crippen LogP contribution in [0.1, 0.15) is 44.9 Å². The fourth-order valence-electron chi connectivity index (χ4n) is 2.82. The van der Waals surface area contributed by atoms with Gasteiger partial charge in [0, 0.05) is 32.7 Å². The van der Waals surface area contributed by atoms with Crippen LogP contribution in [0.25, 0.3) is 0 Å². The second-order valence-electron chi connectivity index (χ2n) is 5.17. The third-order valence-electron chi connectivity index (χ3n) is 4.02. The smallest absolute Gasteiger partial charge is 0.0791 e. The molecule has 4 rings (SSSR count). The average Bonchev–Trinajstić information content (AvgIpc) is 3.13. The molecule has 83 valence electrons. The zero-order valence-corrected chi connectivity index (χ0v) is 12.2. The zero-order chi connectivity index (χ0) is 9.38. The third kappa shape index (κ3) is 3.51. The summed E-state index contributed by atoms with van der Waals surface area (Å²) in [6, 6.07) is 0. The predicted molar refractivity (Wildman–Crippen MR) is 56.6 cm³/mol. The van der Waals surface area contributed by atoms with Gasteiger partial charge in [-0.3, -0.25) is 0 Å². The van der Waals surface area contributed by atoms with Crippen molar-refractivity contribution < 1.29 is 37.4 Å². The van der Waals surface area contributed by atoms with Crippen LogP contribution in [0, 0.1) is 24.7 Å². The van der Waals surface area contributed by atoms with E-state index in [4.69, 9.17) is 4.74 Å². The Bertz CT molecular complexity index is 165. The summed E-state index contributed by atoms with van der Waals surface area (Å²) in [6.07, 6.45) is 15.8. The monoisotopic (exact) mass is 281 g/mol. The molecule has 0 N–H and O–H groups in total. The molecular formula is C13H20OY-2. The van der Waals surface area contributed by atoms with E-state index in [1.165, 1.54) is 44.4 Å². The summed E-state index contributed by atoms with van der Waals surface area (Å²) in [7, 11) is 0. The van der Waals surface area contributed by atoms with Gasteiger partial charge in [0.1, 0.15) is 0 Å². The zero-order valence-electron chi connectivity index (χ0n) is 9.40. The Morgan fingerprint density at radius 1 is 0.867 bits per heavy atom. The molecule has 3 saturated carbocycles. The molecule has 1 saturated heterocycles. The van der Waals surface area contributed by atoms with Crippen molar-refractivity contribution >= 4 is 0 Å². The van der Waals surface area contributed by atoms with Crippen LogP contribution in [-0.4, -0.2) is 12.2 Å². The van der Waals surface area contributed by atoms with Crippen molar-refractivity contribution in [2.75, 3.05) is 0 Å². The van der Waals surface area contributed by atoms with Crippen LogP contribution in [0.3, 0.4) is 0 Å². The van der Waals surface area contributed by atoms with Crippen LogP contribution in [-0.2, 0) is 37.4 Å². The summed E-state index contributed by atoms with van der Waals surface area (Å²) in [5.41, 5.74) is 0. The van der Waals surface area contributed by atoms with Gasteiger partial charge in [-0.25, -0.2) is 0 Å². The summed E-state index contributed by atoms with van der Waals surface area (Å²) >= 11 is 0. The number of hydrogen-bond donors (Lipinski definition) is 0. The van der Waals surface area contributed by atoms with E-state index in [1.54, 1.807) is 6.42 Å². The van der Waals surface area contributed by atoms with Crippen molar-refractivity contribution in [3.63, 3.8) is 0 Å². The molecule has 1 nitrogen and oxygen atoms in total. The molecule has 1 heterocycles. The molecule has 0 aromatic heterocycles. The van der Waals surface area contributed by atoms with E-state index in [1.807, 2.05) is 0 Å². The molecule has 2 heteroatoms. The fraction of sp³-hybridized carbons (Fsp3) is 0.846. The maximum absolute atomic E-state index is 5.25. The predicted octanol–water partition coefficient (Wildman–Crippen LogP) is 3.15. The first kappa shape index (κ1) is 12.5. The summed E-state index contributed by atoms with van der Waals surface area (Å²) in [4.78, 5) is 0. The molecule has 0 spiro atoms. The Balaban J connectivity index is 0.000000107. The SMILES string of the molecule is [CH-]1CCC2CC2C1.[CH-]1CCC2OC2C1.[Y]. The number of hydrogen-bond acceptors (Lipinski definition) is 1. The summed E-state index contributed by atoms with van der Waals surface area (Å²) in [6.45, 7) is 0. The Morgan fingerprint density at radius 2 is 1.67 bits per heavy atom. The van der Waals surface area contributed by atoms with Crippen molar-refractivity contribution in [2.24, 2.45) is 11.8 Å². The number of epoxide rings is 1. The van der Waals surface area contributed by atoms with Crippen LogP contribution in [0.5, 0.6) is 0 Å². The van der Waals surface area contributed by atoms with E-state index in [2.05, 4.69) is 12.8 Å². The number of rotatable bonds is 0. The summed E-state index contributed by atoms with van der Waals surface area (Å²) in [5, 5.41) is 0. The summed E-state index contributed by atoms with van der Waals surface area (Å²) < 4.78 is 5.25. The summed E-state index contributed by atoms with van der Waals surface area (Å²) in [5.74, 6) is 2.32. The van der Waals surface area contributed by atoms with E-state index in [0.717, 1.165) is 5.92 Å². The largest absolute Gasteiger partial charge is 0.372 e. The van der Waals surface area contributed by atoms with Crippen LogP contribution in [0.4, 0.5) is 0 Å². The van der Waals surface area contributed by atoms with Crippen molar-refractivity contribution in [2.45, 2.75) is 57.2 Å². The molecule has 0 aromatic rings. The normalized spacial score (nSPS) is 44.8. The molecule has 4 aliphatic rings. The number of ether oxygens (including phenoxy) is 1. The minimum absolute atomic E-state index is 0. The Hall–Kier alpha value is 1.06. The van der Waals surface area contributed by atoms with E-state index in [9.17, 15) is 0 Å². The molecular weight excluding hydrogens is 261 g/mol. The molecule has 0 aromatic carbocycles. The van der Waals surface area contributed by atoms with Gasteiger partial charge in [0.25, 0.3) is 0 Å². The molecule has 4 fully saturated rings. The second-order valence-corrected chi connectivity index (χ2v) is 5.17. The minimum atomic E-state index is 0. The first-order valence-corrected chi connectivity index (χ1v) is 6.22. The molecule has 4 unspecified atom stereocenters. The van der Waals surface area contributed by atoms with E-state index >= 15 is 0 Å². The van der Waals surface area contributed by atoms with E-state index in [0.29, 0.717) is 12.2 Å². The molecule has 15 heavy (non-hydrogen) atoms. The van der Waals surface area contributed by atoms with Gasteiger partial charge in [-0.05, 0) is 12.3 Å². The van der Waals surface area contributed by atoms with Gasteiger partial charge < -0.3 is 17.6 Å². The maximum Gasteiger partial charge on any atom is 0.0791 e. The van der Waals surface area contributed by atoms with Gasteiger partial charge in [-0.1, -0.05) is 18.8 Å². The fourth-order valence-corrected chi connectivity index (χ4v) is 2.82. The van der Waals surface area contributed by atoms with Gasteiger partial charge in [0.2, 0.25) is 0 Å². The maximum atomic E-state index is 5.25. The molecule has 3 aliphatic carbocycles. The number of fused-ring (bicyclic) bond motifs is 2. The van der Waals surface area contributed by atoms with Crippen molar-refractivity contribution in [1.29, 1.82) is 0 Å². The van der Waals surface area contributed by atoms with Crippen LogP contribution < -0.4 is 0 Å². The molecule has 1 aliphatic heterocycles. The Labute approximate surface area is 119 Å². The first-order chi connectivity index (χ1) is 6.93. The van der Waals surface area contributed by atoms with E-state index < -0.39 is 0 Å². The molecule has 1 radical (unpaired) electrons. The quantitative estimate of drug-likeness (QED) is 0.491. The molecule has 0 amide bonds. The van der Waals surface area contributed by atoms with Gasteiger partial charge in [-0.15, -0.1) is 6.42 Å². The van der Waals surface area contributed by atoms with Gasteiger partial charge in [0.15, 0.2) is 0 Å². The minimum Gasteiger partial charge on any atom is -0.372 e. The first-order valence-electron chi connectivity index (χ1n) is 6.22. The molecule has 0 bridgehead atoms. The standard InChI is InChI=1S/C7H11.C6H9O.Y/c1-2-4-7-5-6(7)3-1;1-2-4-6-5(3-1)7-6;/h1,6-7H,2-5H2;1,5-6H,2-4H2;/q2*-1;. The van der Waals surface area contributed by atoms with Crippen molar-refractivity contribution in [1.82, 2.24) is 0 Å². The second kappa shape index (κ2) is 5.60. The van der Waals surface area contributed by atoms with Crippen molar-refractivity contribution in [3.8, 4) is 0 Å². The van der Waals surface area contributed by atoms with Gasteiger partial charge >= 0.3 is 0 Å². The van der Waals surface area contributed by atoms with Crippen molar-refractivity contribution in [3.05, 3.63) is 12.8 Å². The third-order valence-corrected chi connectivity index (χ3v) is 4.02. The van der Waals surface area contributed by atoms with Crippen LogP contribution in [0.15, 0.2) is 0 Å². The Morgan fingerprint density at radius 3 is 2.20 bits per heavy atom. The van der Waals surface area contributed by atoms with Crippen LogP contribution >= 0.6 is 0 Å². The van der Waals surface area contributed by atoms with Gasteiger partial charge in [0.05, 0.1) is 12.2 Å².